The van der Waals surface area contributed by atoms with E-state index in [0.717, 1.165) is 18.2 Å². The molecule has 1 heterocycles. The van der Waals surface area contributed by atoms with Gasteiger partial charge in [0.25, 0.3) is 0 Å². The summed E-state index contributed by atoms with van der Waals surface area (Å²) in [6.45, 7) is 7.05. The Morgan fingerprint density at radius 1 is 1.38 bits per heavy atom. The third-order valence-corrected chi connectivity index (χ3v) is 3.79. The smallest absolute Gasteiger partial charge is 0.407 e. The molecule has 0 aromatic carbocycles. The number of nitrogens with zero attached hydrogens (tertiary/aromatic N) is 2. The fourth-order valence-electron chi connectivity index (χ4n) is 2.78. The van der Waals surface area contributed by atoms with Crippen molar-refractivity contribution in [3.8, 4) is 0 Å². The van der Waals surface area contributed by atoms with Gasteiger partial charge in [-0.3, -0.25) is 0 Å². The minimum absolute atomic E-state index is 0.382. The first kappa shape index (κ1) is 15.9. The predicted molar refractivity (Wildman–Crippen MR) is 81.9 cm³/mol. The number of nitrogens with one attached hydrogen (secondary N) is 1. The molecule has 2 rings (SSSR count). The van der Waals surface area contributed by atoms with Gasteiger partial charge in [0.1, 0.15) is 5.60 Å². The van der Waals surface area contributed by atoms with E-state index in [0.29, 0.717) is 6.54 Å². The Morgan fingerprint density at radius 3 is 2.76 bits per heavy atom. The summed E-state index contributed by atoms with van der Waals surface area (Å²) in [6.07, 6.45) is 9.95. The van der Waals surface area contributed by atoms with E-state index in [1.54, 1.807) is 0 Å². The summed E-state index contributed by atoms with van der Waals surface area (Å²) >= 11 is 0. The van der Waals surface area contributed by atoms with Crippen molar-refractivity contribution in [2.24, 2.45) is 5.92 Å². The molecule has 0 saturated heterocycles. The molecule has 1 saturated carbocycles. The Balaban J connectivity index is 1.84. The zero-order chi connectivity index (χ0) is 15.3. The van der Waals surface area contributed by atoms with E-state index < -0.39 is 5.60 Å². The standard InChI is InChI=1S/C16H27N3O2/c1-16(2,3)21-15(20)18-10-14-9-17-12-19(14)11-13-7-5-4-6-8-13/h9,12-13H,4-8,10-11H2,1-3H3,(H,18,20). The molecule has 0 aliphatic heterocycles. The first-order valence-electron chi connectivity index (χ1n) is 7.90. The number of hydrogen-bond acceptors (Lipinski definition) is 3. The maximum absolute atomic E-state index is 11.7. The van der Waals surface area contributed by atoms with Crippen LogP contribution in [0, 0.1) is 5.92 Å². The number of aromatic nitrogens is 2. The summed E-state index contributed by atoms with van der Waals surface area (Å²) in [4.78, 5) is 15.9. The van der Waals surface area contributed by atoms with Crippen LogP contribution in [0.3, 0.4) is 0 Å². The van der Waals surface area contributed by atoms with Crippen LogP contribution in [0.2, 0.25) is 0 Å². The molecule has 1 fully saturated rings. The summed E-state index contributed by atoms with van der Waals surface area (Å²) in [5.74, 6) is 0.744. The maximum Gasteiger partial charge on any atom is 0.407 e. The molecule has 1 amide bonds. The van der Waals surface area contributed by atoms with E-state index in [4.69, 9.17) is 4.74 Å². The van der Waals surface area contributed by atoms with Crippen molar-refractivity contribution in [3.63, 3.8) is 0 Å². The van der Waals surface area contributed by atoms with Gasteiger partial charge in [-0.25, -0.2) is 9.78 Å². The second kappa shape index (κ2) is 6.96. The van der Waals surface area contributed by atoms with Gasteiger partial charge in [0.15, 0.2) is 0 Å². The van der Waals surface area contributed by atoms with Crippen LogP contribution in [0.15, 0.2) is 12.5 Å². The molecule has 0 bridgehead atoms. The quantitative estimate of drug-likeness (QED) is 0.924. The highest BCUT2D eigenvalue weighted by Crippen LogP contribution is 2.25. The van der Waals surface area contributed by atoms with Gasteiger partial charge < -0.3 is 14.6 Å². The topological polar surface area (TPSA) is 56.1 Å². The van der Waals surface area contributed by atoms with Gasteiger partial charge in [-0.05, 0) is 39.5 Å². The summed E-state index contributed by atoms with van der Waals surface area (Å²) in [5, 5.41) is 2.80. The van der Waals surface area contributed by atoms with Crippen LogP contribution in [0.4, 0.5) is 4.79 Å². The zero-order valence-corrected chi connectivity index (χ0v) is 13.4. The van der Waals surface area contributed by atoms with Gasteiger partial charge >= 0.3 is 6.09 Å². The molecule has 21 heavy (non-hydrogen) atoms. The molecule has 0 spiro atoms. The second-order valence-corrected chi connectivity index (χ2v) is 6.90. The number of hydrogen-bond donors (Lipinski definition) is 1. The van der Waals surface area contributed by atoms with Crippen molar-refractivity contribution < 1.29 is 9.53 Å². The van der Waals surface area contributed by atoms with Gasteiger partial charge in [0.05, 0.1) is 18.6 Å². The average molecular weight is 293 g/mol. The summed E-state index contributed by atoms with van der Waals surface area (Å²) < 4.78 is 7.41. The Labute approximate surface area is 127 Å². The van der Waals surface area contributed by atoms with E-state index in [1.807, 2.05) is 33.3 Å². The maximum atomic E-state index is 11.7. The minimum atomic E-state index is -0.466. The van der Waals surface area contributed by atoms with E-state index in [2.05, 4.69) is 14.9 Å². The lowest BCUT2D eigenvalue weighted by molar-refractivity contribution is 0.0522. The number of ether oxygens (including phenoxy) is 1. The molecule has 1 aliphatic carbocycles. The number of amides is 1. The molecule has 1 N–H and O–H groups in total. The normalized spacial score (nSPS) is 16.7. The van der Waals surface area contributed by atoms with Gasteiger partial charge in [-0.2, -0.15) is 0 Å². The lowest BCUT2D eigenvalue weighted by Gasteiger charge is -2.23. The van der Waals surface area contributed by atoms with Crippen LogP contribution in [0.25, 0.3) is 0 Å². The highest BCUT2D eigenvalue weighted by molar-refractivity contribution is 5.67. The van der Waals surface area contributed by atoms with E-state index >= 15 is 0 Å². The van der Waals surface area contributed by atoms with E-state index in [9.17, 15) is 4.79 Å². The first-order chi connectivity index (χ1) is 9.94. The van der Waals surface area contributed by atoms with Gasteiger partial charge in [0, 0.05) is 12.7 Å². The Bertz CT molecular complexity index is 456. The van der Waals surface area contributed by atoms with Crippen LogP contribution in [-0.2, 0) is 17.8 Å². The molecule has 0 atom stereocenters. The minimum Gasteiger partial charge on any atom is -0.444 e. The molecule has 0 unspecified atom stereocenters. The van der Waals surface area contributed by atoms with Crippen molar-refractivity contribution in [2.75, 3.05) is 0 Å². The van der Waals surface area contributed by atoms with Crippen molar-refractivity contribution in [1.29, 1.82) is 0 Å². The Morgan fingerprint density at radius 2 is 2.10 bits per heavy atom. The first-order valence-corrected chi connectivity index (χ1v) is 7.90. The fraction of sp³-hybridized carbons (Fsp3) is 0.750. The average Bonchev–Trinajstić information content (AvgIpc) is 2.83. The Hall–Kier alpha value is -1.52. The van der Waals surface area contributed by atoms with Crippen LogP contribution in [0.5, 0.6) is 0 Å². The van der Waals surface area contributed by atoms with Gasteiger partial charge in [0.2, 0.25) is 0 Å². The molecule has 0 radical (unpaired) electrons. The van der Waals surface area contributed by atoms with E-state index in [-0.39, 0.29) is 6.09 Å². The van der Waals surface area contributed by atoms with E-state index in [1.165, 1.54) is 32.1 Å². The van der Waals surface area contributed by atoms with Crippen LogP contribution >= 0.6 is 0 Å². The van der Waals surface area contributed by atoms with Crippen molar-refractivity contribution in [2.45, 2.75) is 71.6 Å². The summed E-state index contributed by atoms with van der Waals surface area (Å²) in [7, 11) is 0. The predicted octanol–water partition coefficient (Wildman–Crippen LogP) is 3.49. The number of rotatable bonds is 4. The van der Waals surface area contributed by atoms with Crippen LogP contribution in [-0.4, -0.2) is 21.2 Å². The van der Waals surface area contributed by atoms with Crippen LogP contribution < -0.4 is 5.32 Å². The number of imidazole rings is 1. The lowest BCUT2D eigenvalue weighted by atomic mass is 9.89. The van der Waals surface area contributed by atoms with Crippen molar-refractivity contribution in [3.05, 3.63) is 18.2 Å². The molecular formula is C16H27N3O2. The number of alkyl carbamates (subject to hydrolysis) is 1. The Kier molecular flexibility index (Phi) is 5.26. The monoisotopic (exact) mass is 293 g/mol. The molecule has 1 aromatic rings. The molecular weight excluding hydrogens is 266 g/mol. The van der Waals surface area contributed by atoms with Gasteiger partial charge in [-0.1, -0.05) is 19.3 Å². The van der Waals surface area contributed by atoms with Crippen LogP contribution in [0.1, 0.15) is 58.6 Å². The van der Waals surface area contributed by atoms with Crippen molar-refractivity contribution in [1.82, 2.24) is 14.9 Å². The summed E-state index contributed by atoms with van der Waals surface area (Å²) in [5.41, 5.74) is 0.568. The highest BCUT2D eigenvalue weighted by atomic mass is 16.6. The largest absolute Gasteiger partial charge is 0.444 e. The van der Waals surface area contributed by atoms with Gasteiger partial charge in [-0.15, -0.1) is 0 Å². The number of carbonyl (C=O) groups is 1. The zero-order valence-electron chi connectivity index (χ0n) is 13.4. The lowest BCUT2D eigenvalue weighted by Crippen LogP contribution is -2.32. The third-order valence-electron chi connectivity index (χ3n) is 3.79. The summed E-state index contributed by atoms with van der Waals surface area (Å²) in [6, 6.07) is 0. The molecule has 118 valence electrons. The number of carbonyl (C=O) groups excluding carboxylic acids is 1. The van der Waals surface area contributed by atoms with Crippen molar-refractivity contribution >= 4 is 6.09 Å². The molecule has 1 aromatic heterocycles. The highest BCUT2D eigenvalue weighted by Gasteiger charge is 2.17. The molecule has 1 aliphatic rings. The third kappa shape index (κ3) is 5.40. The molecule has 5 nitrogen and oxygen atoms in total. The SMILES string of the molecule is CC(C)(C)OC(=O)NCc1cncn1CC1CCCCC1. The second-order valence-electron chi connectivity index (χ2n) is 6.90. The fourth-order valence-corrected chi connectivity index (χ4v) is 2.78. The molecule has 5 heteroatoms.